The van der Waals surface area contributed by atoms with Crippen LogP contribution in [0.3, 0.4) is 0 Å². The number of hydrogen-bond acceptors (Lipinski definition) is 3. The summed E-state index contributed by atoms with van der Waals surface area (Å²) >= 11 is 0. The van der Waals surface area contributed by atoms with E-state index in [1.165, 1.54) is 17.5 Å². The molecule has 0 radical (unpaired) electrons. The molecule has 0 bridgehead atoms. The van der Waals surface area contributed by atoms with Crippen molar-refractivity contribution in [2.45, 2.75) is 44.2 Å². The molecular weight excluding hydrogens is 238 g/mol. The van der Waals surface area contributed by atoms with Crippen LogP contribution >= 0.6 is 0 Å². The second-order valence-corrected chi connectivity index (χ2v) is 5.48. The number of likely N-dealkylation sites (N-methyl/N-ethyl adjacent to an activating group) is 1. The number of hydrogen-bond donors (Lipinski definition) is 1. The Bertz CT molecular complexity index is 421. The van der Waals surface area contributed by atoms with Crippen LogP contribution in [0.5, 0.6) is 5.75 Å². The maximum atomic E-state index is 5.80. The number of ether oxygens (including phenoxy) is 2. The van der Waals surface area contributed by atoms with Crippen LogP contribution in [-0.4, -0.2) is 32.9 Å². The molecule has 1 saturated carbocycles. The molecule has 1 unspecified atom stereocenters. The van der Waals surface area contributed by atoms with Crippen molar-refractivity contribution in [1.82, 2.24) is 5.32 Å². The molecule has 106 valence electrons. The fraction of sp³-hybridized carbons (Fsp3) is 0.625. The minimum Gasteiger partial charge on any atom is -0.496 e. The molecule has 19 heavy (non-hydrogen) atoms. The smallest absolute Gasteiger partial charge is 0.122 e. The normalized spacial score (nSPS) is 18.7. The SMILES string of the molecule is CNC(Cc1cc(C)ccc1OC)C1(OC)CCC1. The lowest BCUT2D eigenvalue weighted by molar-refractivity contribution is -0.0967. The Labute approximate surface area is 116 Å². The molecule has 1 aliphatic carbocycles. The minimum absolute atomic E-state index is 0.00348. The topological polar surface area (TPSA) is 30.5 Å². The summed E-state index contributed by atoms with van der Waals surface area (Å²) in [5.41, 5.74) is 2.53. The van der Waals surface area contributed by atoms with Crippen molar-refractivity contribution in [1.29, 1.82) is 0 Å². The van der Waals surface area contributed by atoms with E-state index in [-0.39, 0.29) is 5.60 Å². The summed E-state index contributed by atoms with van der Waals surface area (Å²) in [4.78, 5) is 0. The summed E-state index contributed by atoms with van der Waals surface area (Å²) in [6, 6.07) is 6.69. The van der Waals surface area contributed by atoms with E-state index in [9.17, 15) is 0 Å². The Kier molecular flexibility index (Phi) is 4.48. The van der Waals surface area contributed by atoms with Gasteiger partial charge in [-0.3, -0.25) is 0 Å². The highest BCUT2D eigenvalue weighted by atomic mass is 16.5. The molecule has 1 aromatic carbocycles. The highest BCUT2D eigenvalue weighted by Gasteiger charge is 2.43. The van der Waals surface area contributed by atoms with Crippen molar-refractivity contribution in [2.75, 3.05) is 21.3 Å². The Morgan fingerprint density at radius 3 is 2.53 bits per heavy atom. The Morgan fingerprint density at radius 1 is 1.32 bits per heavy atom. The van der Waals surface area contributed by atoms with Gasteiger partial charge in [0.1, 0.15) is 5.75 Å². The van der Waals surface area contributed by atoms with Gasteiger partial charge in [-0.15, -0.1) is 0 Å². The van der Waals surface area contributed by atoms with Crippen LogP contribution in [0.2, 0.25) is 0 Å². The van der Waals surface area contributed by atoms with Crippen LogP contribution in [0.4, 0.5) is 0 Å². The van der Waals surface area contributed by atoms with E-state index < -0.39 is 0 Å². The number of methoxy groups -OCH3 is 2. The summed E-state index contributed by atoms with van der Waals surface area (Å²) in [6.45, 7) is 2.12. The summed E-state index contributed by atoms with van der Waals surface area (Å²) in [6.07, 6.45) is 4.48. The van der Waals surface area contributed by atoms with Crippen LogP contribution in [0.25, 0.3) is 0 Å². The van der Waals surface area contributed by atoms with Crippen LogP contribution in [0.1, 0.15) is 30.4 Å². The van der Waals surface area contributed by atoms with Crippen molar-refractivity contribution in [3.8, 4) is 5.75 Å². The van der Waals surface area contributed by atoms with Crippen LogP contribution in [0, 0.1) is 6.92 Å². The quantitative estimate of drug-likeness (QED) is 0.856. The third-order valence-electron chi connectivity index (χ3n) is 4.45. The molecule has 1 N–H and O–H groups in total. The molecule has 3 heteroatoms. The molecule has 2 rings (SSSR count). The fourth-order valence-electron chi connectivity index (χ4n) is 3.06. The third kappa shape index (κ3) is 2.77. The third-order valence-corrected chi connectivity index (χ3v) is 4.45. The molecule has 3 nitrogen and oxygen atoms in total. The fourth-order valence-corrected chi connectivity index (χ4v) is 3.06. The Morgan fingerprint density at radius 2 is 2.05 bits per heavy atom. The predicted molar refractivity (Wildman–Crippen MR) is 77.9 cm³/mol. The Hall–Kier alpha value is -1.06. The Balaban J connectivity index is 2.20. The maximum absolute atomic E-state index is 5.80. The molecule has 0 heterocycles. The van der Waals surface area contributed by atoms with Gasteiger partial charge in [0.2, 0.25) is 0 Å². The average Bonchev–Trinajstić information content (AvgIpc) is 2.37. The van der Waals surface area contributed by atoms with Gasteiger partial charge in [-0.05, 0) is 51.3 Å². The van der Waals surface area contributed by atoms with Gasteiger partial charge >= 0.3 is 0 Å². The van der Waals surface area contributed by atoms with Crippen LogP contribution < -0.4 is 10.1 Å². The highest BCUT2D eigenvalue weighted by molar-refractivity contribution is 5.37. The van der Waals surface area contributed by atoms with E-state index in [1.54, 1.807) is 7.11 Å². The van der Waals surface area contributed by atoms with Crippen molar-refractivity contribution < 1.29 is 9.47 Å². The van der Waals surface area contributed by atoms with Crippen molar-refractivity contribution in [2.24, 2.45) is 0 Å². The van der Waals surface area contributed by atoms with Gasteiger partial charge < -0.3 is 14.8 Å². The molecule has 0 aliphatic heterocycles. The predicted octanol–water partition coefficient (Wildman–Crippen LogP) is 2.70. The number of rotatable bonds is 6. The first-order valence-electron chi connectivity index (χ1n) is 7.01. The first-order valence-corrected chi connectivity index (χ1v) is 7.01. The minimum atomic E-state index is 0.00348. The highest BCUT2D eigenvalue weighted by Crippen LogP contribution is 2.39. The van der Waals surface area contributed by atoms with Gasteiger partial charge in [-0.25, -0.2) is 0 Å². The van der Waals surface area contributed by atoms with Gasteiger partial charge in [0.15, 0.2) is 0 Å². The standard InChI is InChI=1S/C16H25NO2/c1-12-6-7-14(18-3)13(10-12)11-15(17-2)16(19-4)8-5-9-16/h6-7,10,15,17H,5,8-9,11H2,1-4H3. The summed E-state index contributed by atoms with van der Waals surface area (Å²) < 4.78 is 11.3. The van der Waals surface area contributed by atoms with E-state index in [0.29, 0.717) is 6.04 Å². The molecule has 1 fully saturated rings. The summed E-state index contributed by atoms with van der Waals surface area (Å²) in [5.74, 6) is 0.969. The molecule has 0 amide bonds. The van der Waals surface area contributed by atoms with Crippen LogP contribution in [-0.2, 0) is 11.2 Å². The zero-order valence-electron chi connectivity index (χ0n) is 12.5. The first-order chi connectivity index (χ1) is 9.15. The molecule has 0 aromatic heterocycles. The van der Waals surface area contributed by atoms with E-state index in [4.69, 9.17) is 9.47 Å². The van der Waals surface area contributed by atoms with Gasteiger partial charge in [-0.1, -0.05) is 17.7 Å². The van der Waals surface area contributed by atoms with E-state index in [2.05, 4.69) is 30.4 Å². The van der Waals surface area contributed by atoms with Gasteiger partial charge in [0.25, 0.3) is 0 Å². The van der Waals surface area contributed by atoms with Crippen molar-refractivity contribution in [3.63, 3.8) is 0 Å². The molecular formula is C16H25NO2. The lowest BCUT2D eigenvalue weighted by Gasteiger charge is -2.46. The van der Waals surface area contributed by atoms with E-state index >= 15 is 0 Å². The molecule has 1 atom stereocenters. The maximum Gasteiger partial charge on any atom is 0.122 e. The van der Waals surface area contributed by atoms with Gasteiger partial charge in [0.05, 0.1) is 12.7 Å². The van der Waals surface area contributed by atoms with E-state index in [1.807, 2.05) is 14.2 Å². The average molecular weight is 263 g/mol. The number of benzene rings is 1. The monoisotopic (exact) mass is 263 g/mol. The first kappa shape index (κ1) is 14.4. The lowest BCUT2D eigenvalue weighted by atomic mass is 9.72. The van der Waals surface area contributed by atoms with Crippen molar-refractivity contribution in [3.05, 3.63) is 29.3 Å². The number of aryl methyl sites for hydroxylation is 1. The molecule has 0 spiro atoms. The molecule has 0 saturated heterocycles. The lowest BCUT2D eigenvalue weighted by Crippen LogP contribution is -2.56. The zero-order valence-corrected chi connectivity index (χ0v) is 12.5. The summed E-state index contributed by atoms with van der Waals surface area (Å²) in [7, 11) is 5.58. The second kappa shape index (κ2) is 5.93. The van der Waals surface area contributed by atoms with E-state index in [0.717, 1.165) is 25.0 Å². The molecule has 1 aromatic rings. The van der Waals surface area contributed by atoms with Gasteiger partial charge in [0, 0.05) is 13.2 Å². The van der Waals surface area contributed by atoms with Crippen molar-refractivity contribution >= 4 is 0 Å². The molecule has 1 aliphatic rings. The zero-order chi connectivity index (χ0) is 13.9. The van der Waals surface area contributed by atoms with Crippen LogP contribution in [0.15, 0.2) is 18.2 Å². The largest absolute Gasteiger partial charge is 0.496 e. The number of nitrogens with one attached hydrogen (secondary N) is 1. The van der Waals surface area contributed by atoms with Gasteiger partial charge in [-0.2, -0.15) is 0 Å². The second-order valence-electron chi connectivity index (χ2n) is 5.48. The summed E-state index contributed by atoms with van der Waals surface area (Å²) in [5, 5.41) is 3.43.